The molecule has 0 amide bonds. The number of anilines is 1. The van der Waals surface area contributed by atoms with Gasteiger partial charge in [0.2, 0.25) is 0 Å². The van der Waals surface area contributed by atoms with Crippen molar-refractivity contribution in [1.29, 1.82) is 5.26 Å². The Kier molecular flexibility index (Phi) is 3.46. The van der Waals surface area contributed by atoms with E-state index in [0.717, 1.165) is 0 Å². The zero-order valence-corrected chi connectivity index (χ0v) is 7.77. The molecule has 0 saturated carbocycles. The largest absolute Gasteiger partial charge is 0.399 e. The third-order valence-corrected chi connectivity index (χ3v) is 2.04. The van der Waals surface area contributed by atoms with Crippen LogP contribution in [-0.4, -0.2) is 11.7 Å². The third-order valence-electron chi connectivity index (χ3n) is 2.04. The molecule has 5 N–H and O–H groups in total. The Labute approximate surface area is 82.8 Å². The summed E-state index contributed by atoms with van der Waals surface area (Å²) in [5.41, 5.74) is 13.2. The summed E-state index contributed by atoms with van der Waals surface area (Å²) >= 11 is 0. The maximum absolute atomic E-state index is 8.82. The molecule has 4 heteroatoms. The molecule has 0 heterocycles. The first-order valence-corrected chi connectivity index (χ1v) is 4.35. The number of aliphatic hydroxyl groups is 1. The number of nitrogens with zero attached hydrogens (tertiary/aromatic N) is 1. The highest BCUT2D eigenvalue weighted by molar-refractivity contribution is 5.50. The van der Waals surface area contributed by atoms with Gasteiger partial charge in [0.15, 0.2) is 0 Å². The van der Waals surface area contributed by atoms with Crippen molar-refractivity contribution < 1.29 is 5.11 Å². The molecular formula is C10H13N3O. The van der Waals surface area contributed by atoms with Crippen LogP contribution in [0.25, 0.3) is 0 Å². The SMILES string of the molecule is N#Cc1ccc(N)cc1[C@H](N)CCO. The van der Waals surface area contributed by atoms with Crippen molar-refractivity contribution >= 4 is 5.69 Å². The fourth-order valence-electron chi connectivity index (χ4n) is 1.28. The van der Waals surface area contributed by atoms with E-state index >= 15 is 0 Å². The summed E-state index contributed by atoms with van der Waals surface area (Å²) in [5.74, 6) is 0. The second-order valence-corrected chi connectivity index (χ2v) is 3.08. The first kappa shape index (κ1) is 10.5. The average molecular weight is 191 g/mol. The molecule has 1 rings (SSSR count). The van der Waals surface area contributed by atoms with Crippen LogP contribution in [0.15, 0.2) is 18.2 Å². The number of hydrogen-bond donors (Lipinski definition) is 3. The van der Waals surface area contributed by atoms with Crippen molar-refractivity contribution in [1.82, 2.24) is 0 Å². The van der Waals surface area contributed by atoms with Crippen LogP contribution < -0.4 is 11.5 Å². The van der Waals surface area contributed by atoms with Crippen LogP contribution in [0.4, 0.5) is 5.69 Å². The smallest absolute Gasteiger partial charge is 0.0995 e. The Morgan fingerprint density at radius 2 is 2.21 bits per heavy atom. The quantitative estimate of drug-likeness (QED) is 0.607. The van der Waals surface area contributed by atoms with E-state index in [9.17, 15) is 0 Å². The van der Waals surface area contributed by atoms with Gasteiger partial charge in [-0.2, -0.15) is 5.26 Å². The highest BCUT2D eigenvalue weighted by Crippen LogP contribution is 2.20. The van der Waals surface area contributed by atoms with Gasteiger partial charge in [0.1, 0.15) is 0 Å². The predicted octanol–water partition coefficient (Wildman–Crippen LogP) is 0.523. The van der Waals surface area contributed by atoms with Crippen LogP contribution in [-0.2, 0) is 0 Å². The van der Waals surface area contributed by atoms with E-state index in [4.69, 9.17) is 21.8 Å². The van der Waals surface area contributed by atoms with Crippen LogP contribution >= 0.6 is 0 Å². The molecule has 0 aromatic heterocycles. The second-order valence-electron chi connectivity index (χ2n) is 3.08. The van der Waals surface area contributed by atoms with Gasteiger partial charge in [-0.05, 0) is 30.2 Å². The lowest BCUT2D eigenvalue weighted by atomic mass is 9.99. The Hall–Kier alpha value is -1.57. The Morgan fingerprint density at radius 3 is 2.79 bits per heavy atom. The fourth-order valence-corrected chi connectivity index (χ4v) is 1.28. The summed E-state index contributed by atoms with van der Waals surface area (Å²) in [5, 5.41) is 17.6. The normalized spacial score (nSPS) is 12.1. The van der Waals surface area contributed by atoms with Crippen LogP contribution in [0, 0.1) is 11.3 Å². The number of nitriles is 1. The fraction of sp³-hybridized carbons (Fsp3) is 0.300. The van der Waals surface area contributed by atoms with Crippen molar-refractivity contribution in [2.75, 3.05) is 12.3 Å². The highest BCUT2D eigenvalue weighted by Gasteiger charge is 2.10. The molecule has 0 radical (unpaired) electrons. The van der Waals surface area contributed by atoms with E-state index in [1.165, 1.54) is 0 Å². The molecule has 1 atom stereocenters. The molecule has 0 fully saturated rings. The molecule has 0 aliphatic rings. The van der Waals surface area contributed by atoms with Gasteiger partial charge in [-0.1, -0.05) is 0 Å². The van der Waals surface area contributed by atoms with Crippen LogP contribution in [0.5, 0.6) is 0 Å². The number of nitrogens with two attached hydrogens (primary N) is 2. The predicted molar refractivity (Wildman–Crippen MR) is 54.2 cm³/mol. The molecule has 1 aromatic rings. The standard InChI is InChI=1S/C10H13N3O/c11-6-7-1-2-8(12)5-9(7)10(13)3-4-14/h1-2,5,10,14H,3-4,12-13H2/t10-/m1/s1. The van der Waals surface area contributed by atoms with Crippen molar-refractivity contribution in [2.45, 2.75) is 12.5 Å². The summed E-state index contributed by atoms with van der Waals surface area (Å²) in [4.78, 5) is 0. The maximum atomic E-state index is 8.82. The van der Waals surface area contributed by atoms with Gasteiger partial charge in [0.25, 0.3) is 0 Å². The van der Waals surface area contributed by atoms with Crippen molar-refractivity contribution in [2.24, 2.45) is 5.73 Å². The monoisotopic (exact) mass is 191 g/mol. The van der Waals surface area contributed by atoms with Gasteiger partial charge in [-0.3, -0.25) is 0 Å². The van der Waals surface area contributed by atoms with Crippen molar-refractivity contribution in [3.05, 3.63) is 29.3 Å². The van der Waals surface area contributed by atoms with E-state index in [1.54, 1.807) is 18.2 Å². The van der Waals surface area contributed by atoms with Gasteiger partial charge < -0.3 is 16.6 Å². The van der Waals surface area contributed by atoms with E-state index in [1.807, 2.05) is 6.07 Å². The zero-order valence-electron chi connectivity index (χ0n) is 7.77. The molecule has 1 aromatic carbocycles. The van der Waals surface area contributed by atoms with E-state index in [-0.39, 0.29) is 12.6 Å². The van der Waals surface area contributed by atoms with Crippen LogP contribution in [0.1, 0.15) is 23.6 Å². The van der Waals surface area contributed by atoms with Crippen molar-refractivity contribution in [3.8, 4) is 6.07 Å². The van der Waals surface area contributed by atoms with Gasteiger partial charge in [0, 0.05) is 18.3 Å². The minimum atomic E-state index is -0.335. The van der Waals surface area contributed by atoms with Gasteiger partial charge in [-0.25, -0.2) is 0 Å². The molecule has 0 unspecified atom stereocenters. The first-order valence-electron chi connectivity index (χ1n) is 4.35. The molecule has 0 spiro atoms. The van der Waals surface area contributed by atoms with E-state index in [0.29, 0.717) is 23.2 Å². The summed E-state index contributed by atoms with van der Waals surface area (Å²) in [6.45, 7) is 0.000828. The average Bonchev–Trinajstić information content (AvgIpc) is 2.18. The number of benzene rings is 1. The van der Waals surface area contributed by atoms with Crippen LogP contribution in [0.2, 0.25) is 0 Å². The van der Waals surface area contributed by atoms with Gasteiger partial charge >= 0.3 is 0 Å². The molecule has 0 saturated heterocycles. The minimum absolute atomic E-state index is 0.000828. The summed E-state index contributed by atoms with van der Waals surface area (Å²) < 4.78 is 0. The van der Waals surface area contributed by atoms with Crippen LogP contribution in [0.3, 0.4) is 0 Å². The number of aliphatic hydroxyl groups excluding tert-OH is 1. The highest BCUT2D eigenvalue weighted by atomic mass is 16.3. The molecule has 74 valence electrons. The lowest BCUT2D eigenvalue weighted by Gasteiger charge is -2.12. The molecule has 0 bridgehead atoms. The lowest BCUT2D eigenvalue weighted by molar-refractivity contribution is 0.276. The third kappa shape index (κ3) is 2.22. The topological polar surface area (TPSA) is 96.1 Å². The Balaban J connectivity index is 3.05. The van der Waals surface area contributed by atoms with E-state index in [2.05, 4.69) is 0 Å². The molecule has 0 aliphatic heterocycles. The van der Waals surface area contributed by atoms with Gasteiger partial charge in [0.05, 0.1) is 11.6 Å². The number of rotatable bonds is 3. The Bertz CT molecular complexity index is 357. The number of hydrogen-bond acceptors (Lipinski definition) is 4. The summed E-state index contributed by atoms with van der Waals surface area (Å²) in [6.07, 6.45) is 0.429. The van der Waals surface area contributed by atoms with E-state index < -0.39 is 0 Å². The minimum Gasteiger partial charge on any atom is -0.399 e. The Morgan fingerprint density at radius 1 is 1.50 bits per heavy atom. The lowest BCUT2D eigenvalue weighted by Crippen LogP contribution is -2.13. The maximum Gasteiger partial charge on any atom is 0.0995 e. The molecule has 14 heavy (non-hydrogen) atoms. The summed E-state index contributed by atoms with van der Waals surface area (Å²) in [6, 6.07) is 6.69. The molecule has 4 nitrogen and oxygen atoms in total. The first-order chi connectivity index (χ1) is 6.69. The molecular weight excluding hydrogens is 178 g/mol. The summed E-state index contributed by atoms with van der Waals surface area (Å²) in [7, 11) is 0. The van der Waals surface area contributed by atoms with Gasteiger partial charge in [-0.15, -0.1) is 0 Å². The zero-order chi connectivity index (χ0) is 10.6. The second kappa shape index (κ2) is 4.61. The van der Waals surface area contributed by atoms with Crippen molar-refractivity contribution in [3.63, 3.8) is 0 Å². The number of nitrogen functional groups attached to an aromatic ring is 1. The molecule has 0 aliphatic carbocycles.